The lowest BCUT2D eigenvalue weighted by Gasteiger charge is -2.38. The van der Waals surface area contributed by atoms with E-state index in [1.165, 1.54) is 0 Å². The van der Waals surface area contributed by atoms with Gasteiger partial charge in [-0.1, -0.05) is 49.1 Å². The normalized spacial score (nSPS) is 15.1. The van der Waals surface area contributed by atoms with Crippen molar-refractivity contribution in [1.82, 2.24) is 14.8 Å². The maximum atomic E-state index is 12.9. The number of aromatic nitrogens is 1. The van der Waals surface area contributed by atoms with Gasteiger partial charge < -0.3 is 20.7 Å². The van der Waals surface area contributed by atoms with E-state index < -0.39 is 0 Å². The van der Waals surface area contributed by atoms with Crippen molar-refractivity contribution in [2.24, 2.45) is 5.73 Å². The minimum absolute atomic E-state index is 0.0890. The van der Waals surface area contributed by atoms with E-state index in [0.29, 0.717) is 25.5 Å². The molecular weight excluding hydrogens is 482 g/mol. The molecule has 192 valence electrons. The number of anilines is 2. The van der Waals surface area contributed by atoms with Gasteiger partial charge >= 0.3 is 0 Å². The number of carbonyl (C=O) groups excluding carboxylic acids is 1. The van der Waals surface area contributed by atoms with Gasteiger partial charge in [-0.3, -0.25) is 14.7 Å². The van der Waals surface area contributed by atoms with Gasteiger partial charge in [-0.25, -0.2) is 0 Å². The number of carbonyl (C=O) groups is 1. The first-order valence-corrected chi connectivity index (χ1v) is 12.4. The van der Waals surface area contributed by atoms with Crippen molar-refractivity contribution < 1.29 is 9.53 Å². The maximum Gasteiger partial charge on any atom is 0.252 e. The highest BCUT2D eigenvalue weighted by Gasteiger charge is 2.25. The molecule has 1 aromatic heterocycles. The van der Waals surface area contributed by atoms with E-state index in [2.05, 4.69) is 64.0 Å². The van der Waals surface area contributed by atoms with Crippen LogP contribution in [-0.4, -0.2) is 52.9 Å². The quantitative estimate of drug-likeness (QED) is 0.333. The van der Waals surface area contributed by atoms with Crippen LogP contribution in [-0.2, 0) is 9.53 Å². The summed E-state index contributed by atoms with van der Waals surface area (Å²) in [4.78, 5) is 20.6. The van der Waals surface area contributed by atoms with Crippen LogP contribution in [0, 0.1) is 0 Å². The van der Waals surface area contributed by atoms with Crippen LogP contribution in [0.1, 0.15) is 24.2 Å². The number of para-hydroxylation sites is 1. The van der Waals surface area contributed by atoms with E-state index in [-0.39, 0.29) is 12.0 Å². The minimum atomic E-state index is -0.112. The average molecular weight is 516 g/mol. The molecular formula is C29H33N5O2S. The predicted molar refractivity (Wildman–Crippen MR) is 154 cm³/mol. The molecule has 3 N–H and O–H groups in total. The Kier molecular flexibility index (Phi) is 10.4. The van der Waals surface area contributed by atoms with Crippen molar-refractivity contribution >= 4 is 40.6 Å². The summed E-state index contributed by atoms with van der Waals surface area (Å²) in [5.41, 5.74) is 10.6. The molecule has 37 heavy (non-hydrogen) atoms. The fourth-order valence-corrected chi connectivity index (χ4v) is 3.87. The summed E-state index contributed by atoms with van der Waals surface area (Å²) < 4.78 is 6.04. The van der Waals surface area contributed by atoms with Gasteiger partial charge in [0.2, 0.25) is 0 Å². The van der Waals surface area contributed by atoms with Gasteiger partial charge in [0.25, 0.3) is 5.91 Å². The number of rotatable bonds is 7. The molecule has 1 amide bonds. The molecule has 1 aliphatic heterocycles. The topological polar surface area (TPSA) is 83.7 Å². The number of thiocarbonyl (C=S) groups is 1. The van der Waals surface area contributed by atoms with Gasteiger partial charge in [0, 0.05) is 50.0 Å². The maximum absolute atomic E-state index is 12.9. The van der Waals surface area contributed by atoms with Crippen molar-refractivity contribution in [3.8, 4) is 0 Å². The molecule has 7 nitrogen and oxygen atoms in total. The highest BCUT2D eigenvalue weighted by molar-refractivity contribution is 7.78. The summed E-state index contributed by atoms with van der Waals surface area (Å²) in [7, 11) is 1.76. The Morgan fingerprint density at radius 1 is 1.14 bits per heavy atom. The Morgan fingerprint density at radius 2 is 1.76 bits per heavy atom. The number of benzene rings is 2. The van der Waals surface area contributed by atoms with Crippen LogP contribution < -0.4 is 11.1 Å². The van der Waals surface area contributed by atoms with Crippen molar-refractivity contribution in [2.75, 3.05) is 32.1 Å². The van der Waals surface area contributed by atoms with E-state index >= 15 is 0 Å². The van der Waals surface area contributed by atoms with Crippen LogP contribution in [0.4, 0.5) is 11.4 Å². The van der Waals surface area contributed by atoms with E-state index in [0.717, 1.165) is 33.6 Å². The van der Waals surface area contributed by atoms with Gasteiger partial charge in [0.15, 0.2) is 0 Å². The molecule has 0 aliphatic carbocycles. The second kappa shape index (κ2) is 13.9. The van der Waals surface area contributed by atoms with Crippen LogP contribution in [0.3, 0.4) is 0 Å². The van der Waals surface area contributed by atoms with Gasteiger partial charge in [-0.15, -0.1) is 0 Å². The largest absolute Gasteiger partial charge is 0.396 e. The smallest absolute Gasteiger partial charge is 0.252 e. The second-order valence-corrected chi connectivity index (χ2v) is 8.70. The molecule has 1 saturated heterocycles. The number of morpholine rings is 1. The number of pyridine rings is 1. The van der Waals surface area contributed by atoms with Gasteiger partial charge in [0.1, 0.15) is 11.9 Å². The summed E-state index contributed by atoms with van der Waals surface area (Å²) in [5, 5.41) is 3.40. The molecule has 0 saturated carbocycles. The van der Waals surface area contributed by atoms with Crippen LogP contribution in [0.2, 0.25) is 0 Å². The number of allylic oxidation sites excluding steroid dienone is 1. The molecule has 1 unspecified atom stereocenters. The Hall–Kier alpha value is -4.01. The summed E-state index contributed by atoms with van der Waals surface area (Å²) in [6.07, 6.45) is 4.99. The Morgan fingerprint density at radius 3 is 2.41 bits per heavy atom. The molecule has 1 atom stereocenters. The highest BCUT2D eigenvalue weighted by atomic mass is 32.1. The summed E-state index contributed by atoms with van der Waals surface area (Å²) in [5.74, 6) is 0.554. The lowest BCUT2D eigenvalue weighted by molar-refractivity contribution is -0.125. The number of hydrogen-bond donors (Lipinski definition) is 2. The zero-order chi connectivity index (χ0) is 26.6. The standard InChI is InChI=1S/C28H30N4O2.CH3NS/c1-21(23-13-15-29-16-14-23)19-28(33)31(3)22(2)32-17-18-34-27(20-32)24-9-11-26(12-10-24)30-25-7-5-4-6-8-25;2-1-3/h4-16,19,27,30H,2,17-18,20H2,1,3H3;1H,(H2,2,3)/b21-19+;. The minimum Gasteiger partial charge on any atom is -0.396 e. The number of hydrogen-bond acceptors (Lipinski definition) is 6. The highest BCUT2D eigenvalue weighted by Crippen LogP contribution is 2.27. The second-order valence-electron chi connectivity index (χ2n) is 8.43. The molecule has 8 heteroatoms. The third-order valence-corrected chi connectivity index (χ3v) is 5.97. The van der Waals surface area contributed by atoms with E-state index in [1.807, 2.05) is 49.4 Å². The van der Waals surface area contributed by atoms with E-state index in [4.69, 9.17) is 4.74 Å². The summed E-state index contributed by atoms with van der Waals surface area (Å²) in [6, 6.07) is 22.1. The zero-order valence-electron chi connectivity index (χ0n) is 21.2. The number of amides is 1. The average Bonchev–Trinajstić information content (AvgIpc) is 2.94. The lowest BCUT2D eigenvalue weighted by atomic mass is 10.1. The van der Waals surface area contributed by atoms with Crippen molar-refractivity contribution in [2.45, 2.75) is 13.0 Å². The fourth-order valence-electron chi connectivity index (χ4n) is 3.87. The summed E-state index contributed by atoms with van der Waals surface area (Å²) >= 11 is 4.05. The van der Waals surface area contributed by atoms with Gasteiger partial charge in [0.05, 0.1) is 12.1 Å². The zero-order valence-corrected chi connectivity index (χ0v) is 22.0. The molecule has 0 radical (unpaired) electrons. The van der Waals surface area contributed by atoms with Crippen LogP contribution in [0.15, 0.2) is 97.6 Å². The van der Waals surface area contributed by atoms with Gasteiger partial charge in [-0.2, -0.15) is 0 Å². The SMILES string of the molecule is C=C(N1CCOC(c2ccc(Nc3ccccc3)cc2)C1)N(C)C(=O)/C=C(\C)c1ccncc1.NC=S. The number of ether oxygens (including phenoxy) is 1. The summed E-state index contributed by atoms with van der Waals surface area (Å²) in [6.45, 7) is 8.01. The molecule has 0 spiro atoms. The van der Waals surface area contributed by atoms with Crippen LogP contribution in [0.25, 0.3) is 5.57 Å². The number of nitrogens with one attached hydrogen (secondary N) is 1. The van der Waals surface area contributed by atoms with Gasteiger partial charge in [-0.05, 0) is 60.0 Å². The molecule has 2 aromatic carbocycles. The molecule has 3 aromatic rings. The third-order valence-electron chi connectivity index (χ3n) is 5.97. The van der Waals surface area contributed by atoms with E-state index in [9.17, 15) is 4.79 Å². The fraction of sp³-hybridized carbons (Fsp3) is 0.207. The molecule has 2 heterocycles. The third kappa shape index (κ3) is 7.99. The predicted octanol–water partition coefficient (Wildman–Crippen LogP) is 5.13. The lowest BCUT2D eigenvalue weighted by Crippen LogP contribution is -2.43. The molecule has 4 rings (SSSR count). The molecule has 1 aliphatic rings. The Bertz CT molecular complexity index is 1200. The van der Waals surface area contributed by atoms with Crippen molar-refractivity contribution in [3.63, 3.8) is 0 Å². The Labute approximate surface area is 224 Å². The van der Waals surface area contributed by atoms with Crippen molar-refractivity contribution in [3.05, 3.63) is 109 Å². The molecule has 0 bridgehead atoms. The number of likely N-dealkylation sites (N-methyl/N-ethyl adjacent to an activating group) is 1. The number of nitrogens with zero attached hydrogens (tertiary/aromatic N) is 3. The first-order chi connectivity index (χ1) is 17.9. The van der Waals surface area contributed by atoms with Crippen molar-refractivity contribution in [1.29, 1.82) is 0 Å². The number of nitrogens with two attached hydrogens (primary N) is 1. The first kappa shape index (κ1) is 27.6. The van der Waals surface area contributed by atoms with E-state index in [1.54, 1.807) is 30.4 Å². The monoisotopic (exact) mass is 515 g/mol. The van der Waals surface area contributed by atoms with Crippen LogP contribution >= 0.6 is 12.2 Å². The first-order valence-electron chi connectivity index (χ1n) is 11.9. The van der Waals surface area contributed by atoms with Crippen LogP contribution in [0.5, 0.6) is 0 Å². The Balaban J connectivity index is 0.00000121. The molecule has 1 fully saturated rings.